The maximum absolute atomic E-state index is 11.0. The lowest BCUT2D eigenvalue weighted by Gasteiger charge is -2.25. The Balaban J connectivity index is 3.99. The van der Waals surface area contributed by atoms with E-state index in [2.05, 4.69) is 4.74 Å². The van der Waals surface area contributed by atoms with Gasteiger partial charge >= 0.3 is 5.97 Å². The summed E-state index contributed by atoms with van der Waals surface area (Å²) in [5.41, 5.74) is -0.256. The Bertz CT molecular complexity index is 152. The van der Waals surface area contributed by atoms with Crippen LogP contribution in [0, 0.1) is 5.92 Å². The van der Waals surface area contributed by atoms with Gasteiger partial charge in [0, 0.05) is 7.11 Å². The molecule has 1 unspecified atom stereocenters. The van der Waals surface area contributed by atoms with Gasteiger partial charge in [0.25, 0.3) is 0 Å². The van der Waals surface area contributed by atoms with Crippen molar-refractivity contribution in [3.05, 3.63) is 0 Å². The molecule has 0 aliphatic heterocycles. The van der Waals surface area contributed by atoms with E-state index in [1.807, 2.05) is 20.8 Å². The van der Waals surface area contributed by atoms with Crippen LogP contribution in [0.4, 0.5) is 0 Å². The van der Waals surface area contributed by atoms with Crippen molar-refractivity contribution in [1.82, 2.24) is 0 Å². The predicted molar refractivity (Wildman–Crippen MR) is 46.9 cm³/mol. The van der Waals surface area contributed by atoms with Crippen LogP contribution in [0.1, 0.15) is 27.2 Å². The van der Waals surface area contributed by atoms with Crippen molar-refractivity contribution >= 4 is 5.97 Å². The van der Waals surface area contributed by atoms with Crippen molar-refractivity contribution in [2.75, 3.05) is 14.2 Å². The number of methoxy groups -OCH3 is 2. The third kappa shape index (κ3) is 3.72. The lowest BCUT2D eigenvalue weighted by Crippen LogP contribution is -2.28. The second-order valence-electron chi connectivity index (χ2n) is 3.59. The number of carbonyl (C=O) groups excluding carboxylic acids is 1. The van der Waals surface area contributed by atoms with Gasteiger partial charge in [0.1, 0.15) is 0 Å². The van der Waals surface area contributed by atoms with Crippen LogP contribution in [0.25, 0.3) is 0 Å². The summed E-state index contributed by atoms with van der Waals surface area (Å²) in [7, 11) is 3.04. The third-order valence-corrected chi connectivity index (χ3v) is 1.95. The van der Waals surface area contributed by atoms with Crippen molar-refractivity contribution in [2.45, 2.75) is 32.8 Å². The average Bonchev–Trinajstić information content (AvgIpc) is 2.02. The fraction of sp³-hybridized carbons (Fsp3) is 0.889. The molecular weight excluding hydrogens is 156 g/mol. The smallest absolute Gasteiger partial charge is 0.308 e. The maximum Gasteiger partial charge on any atom is 0.308 e. The molecule has 12 heavy (non-hydrogen) atoms. The van der Waals surface area contributed by atoms with E-state index in [4.69, 9.17) is 4.74 Å². The van der Waals surface area contributed by atoms with E-state index in [0.717, 1.165) is 0 Å². The fourth-order valence-electron chi connectivity index (χ4n) is 1.11. The molecule has 3 nitrogen and oxygen atoms in total. The van der Waals surface area contributed by atoms with Crippen LogP contribution < -0.4 is 0 Å². The molecule has 0 aliphatic carbocycles. The molecule has 3 heteroatoms. The first-order chi connectivity index (χ1) is 5.43. The molecule has 0 heterocycles. The van der Waals surface area contributed by atoms with Crippen LogP contribution in [0.5, 0.6) is 0 Å². The Morgan fingerprint density at radius 1 is 1.42 bits per heavy atom. The van der Waals surface area contributed by atoms with Gasteiger partial charge in [0.05, 0.1) is 18.6 Å². The predicted octanol–water partition coefficient (Wildman–Crippen LogP) is 1.61. The molecule has 0 aromatic carbocycles. The monoisotopic (exact) mass is 174 g/mol. The fourth-order valence-corrected chi connectivity index (χ4v) is 1.11. The second-order valence-corrected chi connectivity index (χ2v) is 3.59. The minimum atomic E-state index is -0.256. The lowest BCUT2D eigenvalue weighted by molar-refractivity contribution is -0.147. The molecule has 0 spiro atoms. The minimum Gasteiger partial charge on any atom is -0.469 e. The van der Waals surface area contributed by atoms with Crippen molar-refractivity contribution in [3.63, 3.8) is 0 Å². The molecule has 1 atom stereocenters. The molecule has 0 rings (SSSR count). The van der Waals surface area contributed by atoms with E-state index in [1.165, 1.54) is 7.11 Å². The van der Waals surface area contributed by atoms with Gasteiger partial charge in [-0.1, -0.05) is 6.92 Å². The van der Waals surface area contributed by atoms with Gasteiger partial charge in [-0.3, -0.25) is 4.79 Å². The van der Waals surface area contributed by atoms with E-state index in [0.29, 0.717) is 6.42 Å². The van der Waals surface area contributed by atoms with Crippen molar-refractivity contribution in [1.29, 1.82) is 0 Å². The Labute approximate surface area is 74.0 Å². The zero-order valence-corrected chi connectivity index (χ0v) is 8.51. The van der Waals surface area contributed by atoms with Crippen molar-refractivity contribution in [3.8, 4) is 0 Å². The van der Waals surface area contributed by atoms with E-state index >= 15 is 0 Å². The normalized spacial score (nSPS) is 14.1. The van der Waals surface area contributed by atoms with Gasteiger partial charge in [-0.05, 0) is 20.3 Å². The maximum atomic E-state index is 11.0. The van der Waals surface area contributed by atoms with Gasteiger partial charge < -0.3 is 9.47 Å². The molecule has 0 bridgehead atoms. The van der Waals surface area contributed by atoms with Gasteiger partial charge in [-0.25, -0.2) is 0 Å². The molecule has 0 radical (unpaired) electrons. The SMILES string of the molecule is COC(=O)C(C)CC(C)(C)OC. The molecule has 0 saturated carbocycles. The van der Waals surface area contributed by atoms with Crippen LogP contribution in [-0.2, 0) is 14.3 Å². The summed E-state index contributed by atoms with van der Waals surface area (Å²) >= 11 is 0. The van der Waals surface area contributed by atoms with E-state index < -0.39 is 0 Å². The summed E-state index contributed by atoms with van der Waals surface area (Å²) in [6, 6.07) is 0. The van der Waals surface area contributed by atoms with Gasteiger partial charge in [0.2, 0.25) is 0 Å². The second kappa shape index (κ2) is 4.45. The van der Waals surface area contributed by atoms with Crippen LogP contribution in [-0.4, -0.2) is 25.8 Å². The van der Waals surface area contributed by atoms with Crippen LogP contribution in [0.15, 0.2) is 0 Å². The highest BCUT2D eigenvalue weighted by Crippen LogP contribution is 2.19. The number of hydrogen-bond donors (Lipinski definition) is 0. The Kier molecular flexibility index (Phi) is 4.24. The largest absolute Gasteiger partial charge is 0.469 e. The standard InChI is InChI=1S/C9H18O3/c1-7(8(10)11-4)6-9(2,3)12-5/h7H,6H2,1-5H3. The molecule has 72 valence electrons. The summed E-state index contributed by atoms with van der Waals surface area (Å²) in [5.74, 6) is -0.287. The molecule has 0 amide bonds. The highest BCUT2D eigenvalue weighted by atomic mass is 16.5. The number of ether oxygens (including phenoxy) is 2. The average molecular weight is 174 g/mol. The molecule has 0 aromatic rings. The number of hydrogen-bond acceptors (Lipinski definition) is 3. The Morgan fingerprint density at radius 3 is 2.25 bits per heavy atom. The Morgan fingerprint density at radius 2 is 1.92 bits per heavy atom. The van der Waals surface area contributed by atoms with Crippen molar-refractivity contribution in [2.24, 2.45) is 5.92 Å². The summed E-state index contributed by atoms with van der Waals surface area (Å²) < 4.78 is 9.80. The molecule has 0 aliphatic rings. The number of rotatable bonds is 4. The number of esters is 1. The highest BCUT2D eigenvalue weighted by molar-refractivity contribution is 5.71. The first kappa shape index (κ1) is 11.4. The summed E-state index contributed by atoms with van der Waals surface area (Å²) in [6.45, 7) is 5.74. The van der Waals surface area contributed by atoms with E-state index in [9.17, 15) is 4.79 Å². The van der Waals surface area contributed by atoms with E-state index in [-0.39, 0.29) is 17.5 Å². The van der Waals surface area contributed by atoms with Crippen LogP contribution in [0.3, 0.4) is 0 Å². The molecular formula is C9H18O3. The molecule has 0 N–H and O–H groups in total. The third-order valence-electron chi connectivity index (χ3n) is 1.95. The highest BCUT2D eigenvalue weighted by Gasteiger charge is 2.24. The van der Waals surface area contributed by atoms with Gasteiger partial charge in [-0.2, -0.15) is 0 Å². The summed E-state index contributed by atoms with van der Waals surface area (Å²) in [6.07, 6.45) is 0.677. The number of carbonyl (C=O) groups is 1. The molecule has 0 aromatic heterocycles. The quantitative estimate of drug-likeness (QED) is 0.607. The molecule has 0 fully saturated rings. The van der Waals surface area contributed by atoms with Crippen LogP contribution >= 0.6 is 0 Å². The minimum absolute atomic E-state index is 0.107. The van der Waals surface area contributed by atoms with Gasteiger partial charge in [-0.15, -0.1) is 0 Å². The summed E-state index contributed by atoms with van der Waals surface area (Å²) in [4.78, 5) is 11.0. The van der Waals surface area contributed by atoms with Gasteiger partial charge in [0.15, 0.2) is 0 Å². The zero-order valence-electron chi connectivity index (χ0n) is 8.51. The first-order valence-electron chi connectivity index (χ1n) is 4.06. The molecule has 0 saturated heterocycles. The topological polar surface area (TPSA) is 35.5 Å². The Hall–Kier alpha value is -0.570. The van der Waals surface area contributed by atoms with E-state index in [1.54, 1.807) is 7.11 Å². The zero-order chi connectivity index (χ0) is 9.78. The lowest BCUT2D eigenvalue weighted by atomic mass is 9.95. The van der Waals surface area contributed by atoms with Crippen molar-refractivity contribution < 1.29 is 14.3 Å². The van der Waals surface area contributed by atoms with Crippen LogP contribution in [0.2, 0.25) is 0 Å². The first-order valence-corrected chi connectivity index (χ1v) is 4.06. The summed E-state index contributed by atoms with van der Waals surface area (Å²) in [5, 5.41) is 0.